The Hall–Kier alpha value is -2.10. The zero-order valence-corrected chi connectivity index (χ0v) is 10.7. The molecule has 0 spiro atoms. The first-order valence-corrected chi connectivity index (χ1v) is 6.52. The van der Waals surface area contributed by atoms with E-state index in [-0.39, 0.29) is 11.3 Å². The van der Waals surface area contributed by atoms with Crippen LogP contribution in [0.3, 0.4) is 0 Å². The highest BCUT2D eigenvalue weighted by atomic mass is 31.2. The lowest BCUT2D eigenvalue weighted by molar-refractivity contribution is 0.0715. The molecule has 2 rings (SSSR count). The monoisotopic (exact) mass is 278 g/mol. The Morgan fingerprint density at radius 3 is 2.32 bits per heavy atom. The number of carbonyl (C=O) groups is 1. The average Bonchev–Trinajstić information content (AvgIpc) is 2.40. The van der Waals surface area contributed by atoms with Gasteiger partial charge in [0.25, 0.3) is 0 Å². The van der Waals surface area contributed by atoms with Crippen LogP contribution in [0.25, 0.3) is 0 Å². The second-order valence-corrected chi connectivity index (χ2v) is 4.38. The van der Waals surface area contributed by atoms with Crippen LogP contribution in [0, 0.1) is 0 Å². The normalized spacial score (nSPS) is 11.6. The molecule has 0 saturated carbocycles. The Labute approximate surface area is 111 Å². The highest BCUT2D eigenvalue weighted by molar-refractivity contribution is 7.41. The van der Waals surface area contributed by atoms with Gasteiger partial charge in [-0.2, -0.15) is 0 Å². The molecule has 1 atom stereocenters. The van der Waals surface area contributed by atoms with Crippen molar-refractivity contribution in [3.05, 3.63) is 60.2 Å². The Kier molecular flexibility index (Phi) is 4.34. The summed E-state index contributed by atoms with van der Waals surface area (Å²) in [6, 6.07) is 14.4. The molecule has 0 bridgehead atoms. The van der Waals surface area contributed by atoms with Crippen molar-refractivity contribution in [3.63, 3.8) is 0 Å². The van der Waals surface area contributed by atoms with E-state index in [1.54, 1.807) is 42.5 Å². The molecule has 1 unspecified atom stereocenters. The van der Waals surface area contributed by atoms with Gasteiger partial charge in [-0.05, 0) is 24.3 Å². The summed E-state index contributed by atoms with van der Waals surface area (Å²) < 4.78 is 9.76. The van der Waals surface area contributed by atoms with Gasteiger partial charge in [-0.15, -0.1) is 0 Å². The van der Waals surface area contributed by atoms with Crippen molar-refractivity contribution in [2.75, 3.05) is 0 Å². The first kappa shape index (κ1) is 13.3. The van der Waals surface area contributed by atoms with Gasteiger partial charge in [0.2, 0.25) is 0 Å². The van der Waals surface area contributed by atoms with Crippen molar-refractivity contribution in [3.8, 4) is 11.5 Å². The van der Waals surface area contributed by atoms with Crippen LogP contribution in [-0.4, -0.2) is 16.0 Å². The smallest absolute Gasteiger partial charge is 0.462 e. The van der Waals surface area contributed by atoms with Gasteiger partial charge in [0, 0.05) is 0 Å². The lowest BCUT2D eigenvalue weighted by atomic mass is 10.2. The summed E-state index contributed by atoms with van der Waals surface area (Å²) in [5.41, 5.74) is -0.0271. The largest absolute Gasteiger partial charge is 0.507 e. The molecule has 0 radical (unpaired) electrons. The molecule has 0 fully saturated rings. The lowest BCUT2D eigenvalue weighted by Crippen LogP contribution is -2.04. The minimum Gasteiger partial charge on any atom is -0.507 e. The fourth-order valence-electron chi connectivity index (χ4n) is 1.36. The number of para-hydroxylation sites is 2. The molecule has 0 heterocycles. The summed E-state index contributed by atoms with van der Waals surface area (Å²) in [4.78, 5) is 21.2. The van der Waals surface area contributed by atoms with Crippen LogP contribution in [0.5, 0.6) is 11.5 Å². The molecular formula is C13H11O5P. The van der Waals surface area contributed by atoms with E-state index < -0.39 is 14.6 Å². The first-order valence-electron chi connectivity index (χ1n) is 5.39. The van der Waals surface area contributed by atoms with E-state index in [0.717, 1.165) is 0 Å². The van der Waals surface area contributed by atoms with Crippen LogP contribution in [-0.2, 0) is 4.52 Å². The quantitative estimate of drug-likeness (QED) is 0.841. The molecule has 2 aromatic rings. The van der Waals surface area contributed by atoms with Crippen LogP contribution in [0.4, 0.5) is 0 Å². The molecule has 98 valence electrons. The Balaban J connectivity index is 1.98. The summed E-state index contributed by atoms with van der Waals surface area (Å²) >= 11 is 0. The van der Waals surface area contributed by atoms with Crippen molar-refractivity contribution in [2.24, 2.45) is 0 Å². The maximum Gasteiger partial charge on any atom is 0.462 e. The molecule has 19 heavy (non-hydrogen) atoms. The topological polar surface area (TPSA) is 76.0 Å². The number of rotatable bonds is 4. The minimum absolute atomic E-state index is 0.0271. The van der Waals surface area contributed by atoms with E-state index in [9.17, 15) is 14.8 Å². The molecule has 0 amide bonds. The summed E-state index contributed by atoms with van der Waals surface area (Å²) in [7, 11) is -2.39. The number of phenolic OH excluding ortho intramolecular Hbond substituents is 1. The van der Waals surface area contributed by atoms with E-state index in [4.69, 9.17) is 9.05 Å². The molecule has 0 aliphatic heterocycles. The third-order valence-electron chi connectivity index (χ3n) is 2.21. The maximum absolute atomic E-state index is 11.7. The number of aromatic hydroxyl groups is 1. The molecule has 0 aromatic heterocycles. The molecular weight excluding hydrogens is 267 g/mol. The van der Waals surface area contributed by atoms with Gasteiger partial charge >= 0.3 is 14.6 Å². The van der Waals surface area contributed by atoms with Crippen molar-refractivity contribution < 1.29 is 23.8 Å². The van der Waals surface area contributed by atoms with Gasteiger partial charge < -0.3 is 19.0 Å². The lowest BCUT2D eigenvalue weighted by Gasteiger charge is -2.11. The molecule has 2 aromatic carbocycles. The minimum atomic E-state index is -2.39. The van der Waals surface area contributed by atoms with E-state index in [2.05, 4.69) is 0 Å². The number of hydrogen-bond acceptors (Lipinski definition) is 5. The summed E-state index contributed by atoms with van der Waals surface area (Å²) in [5, 5.41) is 9.47. The molecule has 0 aliphatic carbocycles. The molecule has 2 N–H and O–H groups in total. The maximum atomic E-state index is 11.7. The zero-order chi connectivity index (χ0) is 13.7. The van der Waals surface area contributed by atoms with Gasteiger partial charge in [0.15, 0.2) is 0 Å². The fraction of sp³-hybridized carbons (Fsp3) is 0. The molecule has 6 heteroatoms. The molecule has 0 saturated heterocycles. The van der Waals surface area contributed by atoms with E-state index in [1.807, 2.05) is 0 Å². The van der Waals surface area contributed by atoms with E-state index >= 15 is 0 Å². The average molecular weight is 278 g/mol. The van der Waals surface area contributed by atoms with Gasteiger partial charge in [0.1, 0.15) is 17.1 Å². The number of hydrogen-bond donors (Lipinski definition) is 2. The second-order valence-electron chi connectivity index (χ2n) is 3.54. The third kappa shape index (κ3) is 3.68. The predicted octanol–water partition coefficient (Wildman–Crippen LogP) is 2.85. The Bertz CT molecular complexity index is 558. The standard InChI is InChI=1S/C13H11O5P/c14-12-9-5-4-8-11(12)13(15)18-19(16)17-10-6-2-1-3-7-10/h1-9,14,16H. The van der Waals surface area contributed by atoms with E-state index in [0.29, 0.717) is 5.75 Å². The SMILES string of the molecule is O=C(OP(O)Oc1ccccc1)c1ccccc1O. The van der Waals surface area contributed by atoms with E-state index in [1.165, 1.54) is 12.1 Å². The van der Waals surface area contributed by atoms with Crippen molar-refractivity contribution in [1.82, 2.24) is 0 Å². The highest BCUT2D eigenvalue weighted by Gasteiger charge is 2.19. The number of benzene rings is 2. The Morgan fingerprint density at radius 2 is 1.63 bits per heavy atom. The number of carbonyl (C=O) groups excluding carboxylic acids is 1. The summed E-state index contributed by atoms with van der Waals surface area (Å²) in [6.45, 7) is 0. The second kappa shape index (κ2) is 6.18. The third-order valence-corrected chi connectivity index (χ3v) is 2.90. The van der Waals surface area contributed by atoms with Crippen LogP contribution < -0.4 is 4.52 Å². The van der Waals surface area contributed by atoms with Gasteiger partial charge in [-0.3, -0.25) is 0 Å². The van der Waals surface area contributed by atoms with Gasteiger partial charge in [-0.25, -0.2) is 4.79 Å². The Morgan fingerprint density at radius 1 is 1.00 bits per heavy atom. The molecule has 5 nitrogen and oxygen atoms in total. The summed E-state index contributed by atoms with van der Waals surface area (Å²) in [5.74, 6) is -0.667. The first-order chi connectivity index (χ1) is 9.16. The van der Waals surface area contributed by atoms with Crippen molar-refractivity contribution in [1.29, 1.82) is 0 Å². The van der Waals surface area contributed by atoms with Gasteiger partial charge in [0.05, 0.1) is 0 Å². The fourth-order valence-corrected chi connectivity index (χ4v) is 1.94. The van der Waals surface area contributed by atoms with Gasteiger partial charge in [-0.1, -0.05) is 30.3 Å². The molecule has 0 aliphatic rings. The zero-order valence-electron chi connectivity index (χ0n) is 9.76. The van der Waals surface area contributed by atoms with Crippen LogP contribution in [0.15, 0.2) is 54.6 Å². The van der Waals surface area contributed by atoms with Crippen LogP contribution in [0.2, 0.25) is 0 Å². The summed E-state index contributed by atoms with van der Waals surface area (Å²) in [6.07, 6.45) is 0. The van der Waals surface area contributed by atoms with Crippen LogP contribution >= 0.6 is 8.60 Å². The number of phenols is 1. The van der Waals surface area contributed by atoms with Crippen molar-refractivity contribution in [2.45, 2.75) is 0 Å². The van der Waals surface area contributed by atoms with Crippen LogP contribution in [0.1, 0.15) is 10.4 Å². The highest BCUT2D eigenvalue weighted by Crippen LogP contribution is 2.36. The predicted molar refractivity (Wildman–Crippen MR) is 69.7 cm³/mol. The van der Waals surface area contributed by atoms with Crippen molar-refractivity contribution >= 4 is 14.6 Å².